The minimum absolute atomic E-state index is 0.315. The highest BCUT2D eigenvalue weighted by Gasteiger charge is 2.24. The van der Waals surface area contributed by atoms with Gasteiger partial charge in [-0.25, -0.2) is 19.9 Å². The molecule has 5 rings (SSSR count). The molecule has 7 nitrogen and oxygen atoms in total. The largest absolute Gasteiger partial charge is 0.368 e. The Hall–Kier alpha value is -3.48. The second-order valence-corrected chi connectivity index (χ2v) is 7.54. The molecule has 1 aliphatic carbocycles. The highest BCUT2D eigenvalue weighted by Crippen LogP contribution is 2.34. The van der Waals surface area contributed by atoms with Gasteiger partial charge in [-0.3, -0.25) is 0 Å². The second kappa shape index (κ2) is 7.50. The Bertz CT molecular complexity index is 1150. The van der Waals surface area contributed by atoms with Gasteiger partial charge in [-0.15, -0.1) is 0 Å². The van der Waals surface area contributed by atoms with Crippen LogP contribution >= 0.6 is 0 Å². The first-order valence-electron chi connectivity index (χ1n) is 10.00. The third-order valence-corrected chi connectivity index (χ3v) is 5.35. The lowest BCUT2D eigenvalue weighted by atomic mass is 10.1. The van der Waals surface area contributed by atoms with E-state index in [1.54, 1.807) is 12.4 Å². The number of aromatic amines is 1. The molecule has 1 aromatic carbocycles. The summed E-state index contributed by atoms with van der Waals surface area (Å²) in [4.78, 5) is 21.0. The number of hydrogen-bond acceptors (Lipinski definition) is 6. The Morgan fingerprint density at radius 2 is 2.00 bits per heavy atom. The van der Waals surface area contributed by atoms with Gasteiger partial charge in [0.05, 0.1) is 11.4 Å². The first kappa shape index (κ1) is 17.6. The van der Waals surface area contributed by atoms with Crippen molar-refractivity contribution in [3.63, 3.8) is 0 Å². The van der Waals surface area contributed by atoms with Gasteiger partial charge < -0.3 is 16.0 Å². The van der Waals surface area contributed by atoms with Crippen LogP contribution in [0.2, 0.25) is 0 Å². The molecule has 3 heterocycles. The lowest BCUT2D eigenvalue weighted by Crippen LogP contribution is -2.09. The molecule has 0 unspecified atom stereocenters. The first-order chi connectivity index (χ1) is 14.3. The normalized spacial score (nSPS) is 13.7. The third kappa shape index (κ3) is 3.89. The maximum atomic E-state index is 5.81. The zero-order chi connectivity index (χ0) is 19.6. The molecule has 0 radical (unpaired) electrons. The summed E-state index contributed by atoms with van der Waals surface area (Å²) >= 11 is 0. The minimum Gasteiger partial charge on any atom is -0.368 e. The van der Waals surface area contributed by atoms with Gasteiger partial charge in [-0.05, 0) is 49.3 Å². The maximum Gasteiger partial charge on any atom is 0.223 e. The summed E-state index contributed by atoms with van der Waals surface area (Å²) in [6.45, 7) is 0.748. The molecule has 3 aromatic heterocycles. The van der Waals surface area contributed by atoms with Crippen molar-refractivity contribution in [2.24, 2.45) is 5.92 Å². The smallest absolute Gasteiger partial charge is 0.223 e. The quantitative estimate of drug-likeness (QED) is 0.449. The molecule has 1 saturated carbocycles. The van der Waals surface area contributed by atoms with Crippen molar-refractivity contribution >= 4 is 22.8 Å². The fourth-order valence-electron chi connectivity index (χ4n) is 3.64. The molecule has 4 aromatic rings. The van der Waals surface area contributed by atoms with Gasteiger partial charge in [0.1, 0.15) is 0 Å². The lowest BCUT2D eigenvalue weighted by Gasteiger charge is -2.10. The number of para-hydroxylation sites is 1. The number of anilines is 2. The number of rotatable bonds is 7. The number of fused-ring (bicyclic) bond motifs is 1. The molecular formula is C22H23N7. The number of nitrogen functional groups attached to an aromatic ring is 1. The van der Waals surface area contributed by atoms with E-state index >= 15 is 0 Å². The number of nitrogens with zero attached hydrogens (tertiary/aromatic N) is 4. The predicted molar refractivity (Wildman–Crippen MR) is 114 cm³/mol. The van der Waals surface area contributed by atoms with E-state index in [4.69, 9.17) is 10.7 Å². The summed E-state index contributed by atoms with van der Waals surface area (Å²) in [7, 11) is 0. The molecule has 0 saturated heterocycles. The van der Waals surface area contributed by atoms with Crippen LogP contribution in [0.15, 0.2) is 48.9 Å². The molecular weight excluding hydrogens is 362 g/mol. The van der Waals surface area contributed by atoms with Crippen molar-refractivity contribution < 1.29 is 0 Å². The van der Waals surface area contributed by atoms with Crippen LogP contribution in [0.4, 0.5) is 11.9 Å². The number of hydrogen-bond donors (Lipinski definition) is 3. The van der Waals surface area contributed by atoms with Gasteiger partial charge in [0.25, 0.3) is 0 Å². The molecule has 4 N–H and O–H groups in total. The first-order valence-corrected chi connectivity index (χ1v) is 10.00. The van der Waals surface area contributed by atoms with E-state index in [-0.39, 0.29) is 0 Å². The molecule has 1 aliphatic rings. The monoisotopic (exact) mass is 385 g/mol. The number of H-pyrrole nitrogens is 1. The zero-order valence-corrected chi connectivity index (χ0v) is 16.1. The summed E-state index contributed by atoms with van der Waals surface area (Å²) in [6.07, 6.45) is 9.94. The summed E-state index contributed by atoms with van der Waals surface area (Å²) < 4.78 is 0. The van der Waals surface area contributed by atoms with Crippen LogP contribution in [0.5, 0.6) is 0 Å². The molecule has 0 atom stereocenters. The number of nitrogens with two attached hydrogens (primary N) is 1. The Labute approximate surface area is 168 Å². The second-order valence-electron chi connectivity index (χ2n) is 7.54. The van der Waals surface area contributed by atoms with Crippen molar-refractivity contribution in [3.05, 3.63) is 60.2 Å². The molecule has 0 spiro atoms. The minimum atomic E-state index is 0.315. The van der Waals surface area contributed by atoms with Crippen molar-refractivity contribution in [1.29, 1.82) is 0 Å². The van der Waals surface area contributed by atoms with Gasteiger partial charge in [0, 0.05) is 41.6 Å². The van der Waals surface area contributed by atoms with E-state index in [0.29, 0.717) is 17.8 Å². The molecule has 146 valence electrons. The summed E-state index contributed by atoms with van der Waals surface area (Å²) in [5.41, 5.74) is 11.0. The summed E-state index contributed by atoms with van der Waals surface area (Å²) in [6, 6.07) is 10.2. The lowest BCUT2D eigenvalue weighted by molar-refractivity contribution is 0.802. The Morgan fingerprint density at radius 1 is 1.10 bits per heavy atom. The van der Waals surface area contributed by atoms with E-state index in [9.17, 15) is 0 Å². The summed E-state index contributed by atoms with van der Waals surface area (Å²) in [5.74, 6) is 1.63. The Morgan fingerprint density at radius 3 is 2.90 bits per heavy atom. The van der Waals surface area contributed by atoms with Gasteiger partial charge in [0.15, 0.2) is 0 Å². The Balaban J connectivity index is 1.31. The number of nitrogens with one attached hydrogen (secondary N) is 2. The molecule has 0 bridgehead atoms. The van der Waals surface area contributed by atoms with E-state index in [0.717, 1.165) is 41.9 Å². The zero-order valence-electron chi connectivity index (χ0n) is 16.1. The van der Waals surface area contributed by atoms with Crippen molar-refractivity contribution in [2.45, 2.75) is 25.7 Å². The maximum absolute atomic E-state index is 5.81. The van der Waals surface area contributed by atoms with E-state index in [2.05, 4.69) is 49.6 Å². The van der Waals surface area contributed by atoms with Gasteiger partial charge >= 0.3 is 0 Å². The van der Waals surface area contributed by atoms with Crippen LogP contribution < -0.4 is 11.1 Å². The average molecular weight is 385 g/mol. The van der Waals surface area contributed by atoms with Crippen molar-refractivity contribution in [3.8, 4) is 11.3 Å². The molecule has 0 aliphatic heterocycles. The SMILES string of the molecule is Nc1ncc(-c2ccnc(NCCc3c[nH]c4ccccc34)n2)c(CC2CC2)n1. The van der Waals surface area contributed by atoms with E-state index < -0.39 is 0 Å². The predicted octanol–water partition coefficient (Wildman–Crippen LogP) is 3.60. The highest BCUT2D eigenvalue weighted by molar-refractivity contribution is 5.83. The topological polar surface area (TPSA) is 105 Å². The highest BCUT2D eigenvalue weighted by atomic mass is 15.1. The molecule has 0 amide bonds. The van der Waals surface area contributed by atoms with Gasteiger partial charge in [-0.2, -0.15) is 0 Å². The van der Waals surface area contributed by atoms with Gasteiger partial charge in [0.2, 0.25) is 11.9 Å². The standard InChI is InChI=1S/C22H23N7/c23-21-27-13-17(20(28-21)11-14-5-6-14)19-8-10-25-22(29-19)24-9-7-15-12-26-18-4-2-1-3-16(15)18/h1-4,8,10,12-14,26H,5-7,9,11H2,(H2,23,27,28)(H,24,25,29). The summed E-state index contributed by atoms with van der Waals surface area (Å²) in [5, 5.41) is 4.60. The van der Waals surface area contributed by atoms with Crippen LogP contribution in [0.3, 0.4) is 0 Å². The molecule has 1 fully saturated rings. The van der Waals surface area contributed by atoms with E-state index in [1.807, 2.05) is 12.1 Å². The average Bonchev–Trinajstić information content (AvgIpc) is 3.46. The van der Waals surface area contributed by atoms with Crippen molar-refractivity contribution in [1.82, 2.24) is 24.9 Å². The van der Waals surface area contributed by atoms with E-state index in [1.165, 1.54) is 23.8 Å². The fourth-order valence-corrected chi connectivity index (χ4v) is 3.64. The Kier molecular flexibility index (Phi) is 4.56. The molecule has 29 heavy (non-hydrogen) atoms. The van der Waals surface area contributed by atoms with Gasteiger partial charge in [-0.1, -0.05) is 18.2 Å². The molecule has 7 heteroatoms. The van der Waals surface area contributed by atoms with Crippen LogP contribution in [-0.4, -0.2) is 31.5 Å². The van der Waals surface area contributed by atoms with Crippen LogP contribution in [0, 0.1) is 5.92 Å². The van der Waals surface area contributed by atoms with Crippen LogP contribution in [0.25, 0.3) is 22.2 Å². The van der Waals surface area contributed by atoms with Crippen LogP contribution in [0.1, 0.15) is 24.1 Å². The fraction of sp³-hybridized carbons (Fsp3) is 0.273. The third-order valence-electron chi connectivity index (χ3n) is 5.35. The number of aromatic nitrogens is 5. The van der Waals surface area contributed by atoms with Crippen LogP contribution in [-0.2, 0) is 12.8 Å². The number of benzene rings is 1. The van der Waals surface area contributed by atoms with Crippen molar-refractivity contribution in [2.75, 3.05) is 17.6 Å².